The molecular formula is C17H15ClN4O3. The Morgan fingerprint density at radius 1 is 1.24 bits per heavy atom. The number of nitrogens with zero attached hydrogens (tertiary/aromatic N) is 3. The summed E-state index contributed by atoms with van der Waals surface area (Å²) in [5, 5.41) is 14.9. The van der Waals surface area contributed by atoms with Gasteiger partial charge in [0.25, 0.3) is 11.2 Å². The fourth-order valence-electron chi connectivity index (χ4n) is 2.54. The molecule has 7 nitrogen and oxygen atoms in total. The number of hydrogen-bond acceptors (Lipinski definition) is 5. The molecule has 0 aliphatic heterocycles. The molecule has 0 aliphatic carbocycles. The van der Waals surface area contributed by atoms with Crippen LogP contribution in [0, 0.1) is 10.1 Å². The highest BCUT2D eigenvalue weighted by atomic mass is 35.5. The average Bonchev–Trinajstić information content (AvgIpc) is 2.61. The molecule has 2 aromatic carbocycles. The lowest BCUT2D eigenvalue weighted by atomic mass is 10.2. The van der Waals surface area contributed by atoms with Crippen molar-refractivity contribution >= 4 is 33.9 Å². The fourth-order valence-corrected chi connectivity index (χ4v) is 2.71. The van der Waals surface area contributed by atoms with E-state index < -0.39 is 4.92 Å². The summed E-state index contributed by atoms with van der Waals surface area (Å²) in [5.74, 6) is 0. The Hall–Kier alpha value is -2.93. The summed E-state index contributed by atoms with van der Waals surface area (Å²) >= 11 is 5.79. The average molecular weight is 359 g/mol. The van der Waals surface area contributed by atoms with E-state index >= 15 is 0 Å². The third-order valence-electron chi connectivity index (χ3n) is 3.78. The minimum absolute atomic E-state index is 0.0722. The molecule has 0 saturated heterocycles. The number of nitrogens with one attached hydrogen (secondary N) is 1. The highest BCUT2D eigenvalue weighted by Crippen LogP contribution is 2.27. The Morgan fingerprint density at radius 2 is 2.04 bits per heavy atom. The van der Waals surface area contributed by atoms with E-state index in [2.05, 4.69) is 10.3 Å². The number of aromatic nitrogens is 2. The zero-order valence-electron chi connectivity index (χ0n) is 13.2. The van der Waals surface area contributed by atoms with Gasteiger partial charge in [0.1, 0.15) is 5.69 Å². The van der Waals surface area contributed by atoms with Crippen molar-refractivity contribution in [1.82, 2.24) is 9.55 Å². The molecule has 1 aromatic heterocycles. The van der Waals surface area contributed by atoms with E-state index in [4.69, 9.17) is 11.6 Å². The maximum absolute atomic E-state index is 12.4. The van der Waals surface area contributed by atoms with Crippen molar-refractivity contribution in [3.8, 4) is 0 Å². The Bertz CT molecular complexity index is 987. The largest absolute Gasteiger partial charge is 0.379 e. The Morgan fingerprint density at radius 3 is 2.84 bits per heavy atom. The lowest BCUT2D eigenvalue weighted by Gasteiger charge is -2.09. The quantitative estimate of drug-likeness (QED) is 0.414. The molecule has 0 amide bonds. The zero-order chi connectivity index (χ0) is 17.8. The molecule has 0 fully saturated rings. The third kappa shape index (κ3) is 3.77. The number of anilines is 1. The van der Waals surface area contributed by atoms with Gasteiger partial charge < -0.3 is 5.32 Å². The first-order chi connectivity index (χ1) is 12.1. The van der Waals surface area contributed by atoms with Gasteiger partial charge in [-0.05, 0) is 30.7 Å². The predicted molar refractivity (Wildman–Crippen MR) is 97.2 cm³/mol. The molecule has 0 aliphatic rings. The smallest absolute Gasteiger partial charge is 0.293 e. The van der Waals surface area contributed by atoms with E-state index in [0.29, 0.717) is 41.1 Å². The van der Waals surface area contributed by atoms with E-state index in [0.717, 1.165) is 0 Å². The summed E-state index contributed by atoms with van der Waals surface area (Å²) in [6.07, 6.45) is 2.13. The number of benzene rings is 2. The molecule has 0 atom stereocenters. The molecule has 3 rings (SSSR count). The minimum Gasteiger partial charge on any atom is -0.379 e. The number of nitro groups is 1. The molecule has 1 heterocycles. The third-order valence-corrected chi connectivity index (χ3v) is 4.01. The number of aryl methyl sites for hydroxylation is 1. The van der Waals surface area contributed by atoms with E-state index in [1.165, 1.54) is 12.4 Å². The highest BCUT2D eigenvalue weighted by Gasteiger charge is 2.13. The van der Waals surface area contributed by atoms with Gasteiger partial charge >= 0.3 is 0 Å². The topological polar surface area (TPSA) is 90.1 Å². The number of nitro benzene ring substituents is 1. The van der Waals surface area contributed by atoms with Crippen molar-refractivity contribution < 1.29 is 4.92 Å². The van der Waals surface area contributed by atoms with Gasteiger partial charge in [-0.25, -0.2) is 4.98 Å². The Labute approximate surface area is 148 Å². The van der Waals surface area contributed by atoms with Crippen molar-refractivity contribution in [1.29, 1.82) is 0 Å². The molecule has 0 bridgehead atoms. The van der Waals surface area contributed by atoms with Crippen molar-refractivity contribution in [2.45, 2.75) is 13.0 Å². The lowest BCUT2D eigenvalue weighted by Crippen LogP contribution is -2.21. The first-order valence-corrected chi connectivity index (χ1v) is 8.06. The van der Waals surface area contributed by atoms with Crippen LogP contribution < -0.4 is 10.9 Å². The van der Waals surface area contributed by atoms with E-state index in [-0.39, 0.29) is 11.2 Å². The van der Waals surface area contributed by atoms with Crippen molar-refractivity contribution in [3.63, 3.8) is 0 Å². The van der Waals surface area contributed by atoms with Gasteiger partial charge in [0.15, 0.2) is 0 Å². The number of rotatable bonds is 6. The number of para-hydroxylation sites is 1. The SMILES string of the molecule is O=c1c2ccccc2ncn1CCCNc1ccc(Cl)cc1[N+](=O)[O-]. The van der Waals surface area contributed by atoms with Crippen LogP contribution in [-0.2, 0) is 6.54 Å². The zero-order valence-corrected chi connectivity index (χ0v) is 13.9. The lowest BCUT2D eigenvalue weighted by molar-refractivity contribution is -0.383. The molecule has 0 spiro atoms. The summed E-state index contributed by atoms with van der Waals surface area (Å²) in [4.78, 5) is 27.2. The van der Waals surface area contributed by atoms with Crippen LogP contribution >= 0.6 is 11.6 Å². The van der Waals surface area contributed by atoms with Crippen LogP contribution in [0.5, 0.6) is 0 Å². The molecule has 0 saturated carbocycles. The Kier molecular flexibility index (Phi) is 4.95. The first kappa shape index (κ1) is 16.9. The van der Waals surface area contributed by atoms with Gasteiger partial charge in [0.2, 0.25) is 0 Å². The predicted octanol–water partition coefficient (Wildman–Crippen LogP) is 3.46. The second kappa shape index (κ2) is 7.31. The fraction of sp³-hybridized carbons (Fsp3) is 0.176. The highest BCUT2D eigenvalue weighted by molar-refractivity contribution is 6.30. The van der Waals surface area contributed by atoms with Gasteiger partial charge in [0, 0.05) is 24.2 Å². The summed E-state index contributed by atoms with van der Waals surface area (Å²) in [5.41, 5.74) is 0.900. The maximum Gasteiger partial charge on any atom is 0.293 e. The normalized spacial score (nSPS) is 10.8. The monoisotopic (exact) mass is 358 g/mol. The van der Waals surface area contributed by atoms with Gasteiger partial charge in [-0.15, -0.1) is 0 Å². The van der Waals surface area contributed by atoms with Crippen LogP contribution in [0.4, 0.5) is 11.4 Å². The van der Waals surface area contributed by atoms with Crippen LogP contribution in [0.3, 0.4) is 0 Å². The number of hydrogen-bond donors (Lipinski definition) is 1. The first-order valence-electron chi connectivity index (χ1n) is 7.68. The number of halogens is 1. The van der Waals surface area contributed by atoms with E-state index in [1.807, 2.05) is 6.07 Å². The van der Waals surface area contributed by atoms with Gasteiger partial charge in [-0.2, -0.15) is 0 Å². The van der Waals surface area contributed by atoms with Crippen molar-refractivity contribution in [2.24, 2.45) is 0 Å². The molecule has 0 unspecified atom stereocenters. The molecule has 3 aromatic rings. The van der Waals surface area contributed by atoms with Crippen LogP contribution in [0.15, 0.2) is 53.6 Å². The maximum atomic E-state index is 12.4. The summed E-state index contributed by atoms with van der Waals surface area (Å²) in [6, 6.07) is 11.7. The standard InChI is InChI=1S/C17H15ClN4O3/c18-12-6-7-15(16(10-12)22(24)25)19-8-3-9-21-11-20-14-5-2-1-4-13(14)17(21)23/h1-2,4-7,10-11,19H,3,8-9H2. The minimum atomic E-state index is -0.480. The molecule has 25 heavy (non-hydrogen) atoms. The summed E-state index contributed by atoms with van der Waals surface area (Å²) in [7, 11) is 0. The Balaban J connectivity index is 1.66. The van der Waals surface area contributed by atoms with E-state index in [9.17, 15) is 14.9 Å². The molecule has 1 N–H and O–H groups in total. The van der Waals surface area contributed by atoms with Gasteiger partial charge in [-0.1, -0.05) is 23.7 Å². The van der Waals surface area contributed by atoms with Crippen molar-refractivity contribution in [2.75, 3.05) is 11.9 Å². The van der Waals surface area contributed by atoms with Gasteiger partial charge in [-0.3, -0.25) is 19.5 Å². The second-order valence-corrected chi connectivity index (χ2v) is 5.90. The van der Waals surface area contributed by atoms with Crippen LogP contribution in [0.25, 0.3) is 10.9 Å². The summed E-state index contributed by atoms with van der Waals surface area (Å²) in [6.45, 7) is 0.937. The van der Waals surface area contributed by atoms with Crippen molar-refractivity contribution in [3.05, 3.63) is 74.3 Å². The van der Waals surface area contributed by atoms with Gasteiger partial charge in [0.05, 0.1) is 22.2 Å². The molecular weight excluding hydrogens is 344 g/mol. The molecule has 0 radical (unpaired) electrons. The molecule has 128 valence electrons. The second-order valence-electron chi connectivity index (χ2n) is 5.46. The molecule has 8 heteroatoms. The van der Waals surface area contributed by atoms with Crippen LogP contribution in [0.1, 0.15) is 6.42 Å². The summed E-state index contributed by atoms with van der Waals surface area (Å²) < 4.78 is 1.54. The van der Waals surface area contributed by atoms with Crippen LogP contribution in [0.2, 0.25) is 5.02 Å². The number of fused-ring (bicyclic) bond motifs is 1. The van der Waals surface area contributed by atoms with Crippen LogP contribution in [-0.4, -0.2) is 21.0 Å². The van der Waals surface area contributed by atoms with E-state index in [1.54, 1.807) is 34.9 Å².